The molecule has 5 heteroatoms. The molecular weight excluding hydrogens is 190 g/mol. The fourth-order valence-electron chi connectivity index (χ4n) is 1.69. The molecule has 1 aromatic rings. The maximum Gasteiger partial charge on any atom is 0.0963 e. The van der Waals surface area contributed by atoms with Crippen molar-refractivity contribution in [3.8, 4) is 0 Å². The van der Waals surface area contributed by atoms with Crippen molar-refractivity contribution >= 4 is 5.84 Å². The van der Waals surface area contributed by atoms with Crippen LogP contribution >= 0.6 is 0 Å². The van der Waals surface area contributed by atoms with Crippen LogP contribution in [0.15, 0.2) is 17.4 Å². The van der Waals surface area contributed by atoms with E-state index in [1.807, 2.05) is 10.9 Å². The fourth-order valence-corrected chi connectivity index (χ4v) is 1.69. The van der Waals surface area contributed by atoms with Gasteiger partial charge in [-0.3, -0.25) is 9.67 Å². The molecule has 1 aliphatic heterocycles. The van der Waals surface area contributed by atoms with Crippen molar-refractivity contribution in [3.05, 3.63) is 12.4 Å². The molecule has 0 radical (unpaired) electrons. The molecule has 2 rings (SSSR count). The number of hydrogen-bond donors (Lipinski definition) is 1. The molecule has 0 atom stereocenters. The molecule has 82 valence electrons. The number of nitrogens with zero attached hydrogens (tertiary/aromatic N) is 4. The van der Waals surface area contributed by atoms with Gasteiger partial charge in [0.2, 0.25) is 0 Å². The lowest BCUT2D eigenvalue weighted by Crippen LogP contribution is -2.27. The van der Waals surface area contributed by atoms with Gasteiger partial charge in [-0.1, -0.05) is 11.6 Å². The van der Waals surface area contributed by atoms with Crippen molar-refractivity contribution in [2.24, 2.45) is 4.99 Å². The first-order valence-electron chi connectivity index (χ1n) is 5.56. The standard InChI is InChI=1S/C10H17N5/c1-2-4-10(11-5-3-1)12-6-8-15-9-7-13-14-15/h7,9H,1-6,8H2,(H,11,12). The molecule has 0 unspecified atom stereocenters. The van der Waals surface area contributed by atoms with E-state index in [0.717, 1.165) is 31.9 Å². The summed E-state index contributed by atoms with van der Waals surface area (Å²) >= 11 is 0. The van der Waals surface area contributed by atoms with Crippen molar-refractivity contribution in [2.75, 3.05) is 13.1 Å². The highest BCUT2D eigenvalue weighted by atomic mass is 15.4. The average Bonchev–Trinajstić information content (AvgIpc) is 2.62. The van der Waals surface area contributed by atoms with Gasteiger partial charge in [0.25, 0.3) is 0 Å². The Balaban J connectivity index is 1.70. The van der Waals surface area contributed by atoms with Crippen molar-refractivity contribution < 1.29 is 0 Å². The Bertz CT molecular complexity index is 304. The lowest BCUT2D eigenvalue weighted by molar-refractivity contribution is 0.578. The molecule has 5 nitrogen and oxygen atoms in total. The van der Waals surface area contributed by atoms with Crippen molar-refractivity contribution in [3.63, 3.8) is 0 Å². The molecule has 15 heavy (non-hydrogen) atoms. The Hall–Kier alpha value is -1.39. The van der Waals surface area contributed by atoms with E-state index in [1.165, 1.54) is 19.3 Å². The number of hydrogen-bond acceptors (Lipinski definition) is 4. The quantitative estimate of drug-likeness (QED) is 0.799. The number of nitrogens with one attached hydrogen (secondary N) is 1. The molecule has 0 saturated heterocycles. The number of amidine groups is 1. The van der Waals surface area contributed by atoms with Gasteiger partial charge in [0.15, 0.2) is 0 Å². The van der Waals surface area contributed by atoms with Gasteiger partial charge in [-0.05, 0) is 12.8 Å². The highest BCUT2D eigenvalue weighted by Crippen LogP contribution is 2.05. The zero-order valence-electron chi connectivity index (χ0n) is 8.89. The van der Waals surface area contributed by atoms with Crippen LogP contribution in [-0.2, 0) is 6.54 Å². The van der Waals surface area contributed by atoms with Crippen molar-refractivity contribution in [2.45, 2.75) is 32.2 Å². The van der Waals surface area contributed by atoms with E-state index in [4.69, 9.17) is 0 Å². The monoisotopic (exact) mass is 207 g/mol. The molecule has 0 amide bonds. The van der Waals surface area contributed by atoms with Crippen LogP contribution in [0.4, 0.5) is 0 Å². The highest BCUT2D eigenvalue weighted by Gasteiger charge is 2.02. The van der Waals surface area contributed by atoms with Crippen LogP contribution < -0.4 is 5.32 Å². The third-order valence-corrected chi connectivity index (χ3v) is 2.52. The Morgan fingerprint density at radius 3 is 3.20 bits per heavy atom. The molecule has 0 aliphatic carbocycles. The molecule has 2 heterocycles. The summed E-state index contributed by atoms with van der Waals surface area (Å²) in [5.41, 5.74) is 0. The van der Waals surface area contributed by atoms with E-state index in [1.54, 1.807) is 6.20 Å². The minimum atomic E-state index is 0.846. The van der Waals surface area contributed by atoms with Gasteiger partial charge in [0.1, 0.15) is 0 Å². The second-order valence-corrected chi connectivity index (χ2v) is 3.73. The predicted molar refractivity (Wildman–Crippen MR) is 58.8 cm³/mol. The summed E-state index contributed by atoms with van der Waals surface area (Å²) in [7, 11) is 0. The fraction of sp³-hybridized carbons (Fsp3) is 0.700. The van der Waals surface area contributed by atoms with Crippen LogP contribution in [0.2, 0.25) is 0 Å². The van der Waals surface area contributed by atoms with Crippen LogP contribution in [0.3, 0.4) is 0 Å². The maximum absolute atomic E-state index is 4.50. The number of aliphatic imine (C=N–C) groups is 1. The Labute approximate surface area is 89.6 Å². The Morgan fingerprint density at radius 1 is 1.33 bits per heavy atom. The first-order chi connectivity index (χ1) is 7.45. The van der Waals surface area contributed by atoms with E-state index < -0.39 is 0 Å². The lowest BCUT2D eigenvalue weighted by Gasteiger charge is -2.07. The van der Waals surface area contributed by atoms with Gasteiger partial charge in [-0.25, -0.2) is 0 Å². The minimum absolute atomic E-state index is 0.846. The molecule has 0 bridgehead atoms. The largest absolute Gasteiger partial charge is 0.372 e. The van der Waals surface area contributed by atoms with Crippen molar-refractivity contribution in [1.29, 1.82) is 0 Å². The predicted octanol–water partition coefficient (Wildman–Crippen LogP) is 0.840. The molecule has 0 spiro atoms. The number of rotatable bonds is 3. The van der Waals surface area contributed by atoms with Crippen LogP contribution in [0.1, 0.15) is 25.7 Å². The summed E-state index contributed by atoms with van der Waals surface area (Å²) in [5, 5.41) is 11.0. The molecule has 1 aliphatic rings. The number of aromatic nitrogens is 3. The topological polar surface area (TPSA) is 55.1 Å². The van der Waals surface area contributed by atoms with E-state index in [9.17, 15) is 0 Å². The molecule has 1 aromatic heterocycles. The zero-order chi connectivity index (χ0) is 10.3. The Kier molecular flexibility index (Phi) is 3.70. The molecule has 0 fully saturated rings. The summed E-state index contributed by atoms with van der Waals surface area (Å²) in [6.07, 6.45) is 8.46. The van der Waals surface area contributed by atoms with Crippen LogP contribution in [0, 0.1) is 0 Å². The van der Waals surface area contributed by atoms with Crippen LogP contribution in [-0.4, -0.2) is 33.9 Å². The van der Waals surface area contributed by atoms with Gasteiger partial charge in [0, 0.05) is 25.7 Å². The second kappa shape index (κ2) is 5.48. The maximum atomic E-state index is 4.50. The molecule has 0 aromatic carbocycles. The van der Waals surface area contributed by atoms with E-state index in [-0.39, 0.29) is 0 Å². The van der Waals surface area contributed by atoms with Gasteiger partial charge >= 0.3 is 0 Å². The van der Waals surface area contributed by atoms with Crippen molar-refractivity contribution in [1.82, 2.24) is 20.3 Å². The average molecular weight is 207 g/mol. The Morgan fingerprint density at radius 2 is 2.33 bits per heavy atom. The second-order valence-electron chi connectivity index (χ2n) is 3.73. The van der Waals surface area contributed by atoms with E-state index in [2.05, 4.69) is 20.6 Å². The van der Waals surface area contributed by atoms with Gasteiger partial charge in [-0.15, -0.1) is 5.10 Å². The lowest BCUT2D eigenvalue weighted by atomic mass is 10.2. The van der Waals surface area contributed by atoms with Crippen LogP contribution in [0.5, 0.6) is 0 Å². The summed E-state index contributed by atoms with van der Waals surface area (Å²) in [6, 6.07) is 0. The molecule has 0 saturated carbocycles. The first kappa shape index (κ1) is 10.1. The van der Waals surface area contributed by atoms with Gasteiger partial charge < -0.3 is 5.32 Å². The van der Waals surface area contributed by atoms with E-state index in [0.29, 0.717) is 0 Å². The molecular formula is C10H17N5. The van der Waals surface area contributed by atoms with Crippen LogP contribution in [0.25, 0.3) is 0 Å². The summed E-state index contributed by atoms with van der Waals surface area (Å²) in [6.45, 7) is 2.70. The summed E-state index contributed by atoms with van der Waals surface area (Å²) < 4.78 is 1.82. The summed E-state index contributed by atoms with van der Waals surface area (Å²) in [4.78, 5) is 4.50. The SMILES string of the molecule is c1cn(CCNC2=NCCCCC2)nn1. The van der Waals surface area contributed by atoms with Gasteiger partial charge in [0.05, 0.1) is 18.6 Å². The third-order valence-electron chi connectivity index (χ3n) is 2.52. The van der Waals surface area contributed by atoms with E-state index >= 15 is 0 Å². The smallest absolute Gasteiger partial charge is 0.0963 e. The zero-order valence-corrected chi connectivity index (χ0v) is 8.89. The van der Waals surface area contributed by atoms with Gasteiger partial charge in [-0.2, -0.15) is 0 Å². The highest BCUT2D eigenvalue weighted by molar-refractivity contribution is 5.82. The minimum Gasteiger partial charge on any atom is -0.372 e. The molecule has 1 N–H and O–H groups in total. The third kappa shape index (κ3) is 3.34. The summed E-state index contributed by atoms with van der Waals surface area (Å²) in [5.74, 6) is 1.16. The first-order valence-corrected chi connectivity index (χ1v) is 5.56. The normalized spacial score (nSPS) is 16.9.